The molecule has 7 heteroatoms. The van der Waals surface area contributed by atoms with E-state index in [-0.39, 0.29) is 0 Å². The fourth-order valence-corrected chi connectivity index (χ4v) is 4.99. The predicted octanol–water partition coefficient (Wildman–Crippen LogP) is 2.15. The number of nitrogens with zero attached hydrogens (tertiary/aromatic N) is 2. The van der Waals surface area contributed by atoms with E-state index in [1.807, 2.05) is 6.07 Å². The van der Waals surface area contributed by atoms with Crippen molar-refractivity contribution in [3.05, 3.63) is 28.7 Å². The Morgan fingerprint density at radius 1 is 1.11 bits per heavy atom. The third-order valence-corrected chi connectivity index (χ3v) is 6.45. The molecule has 19 heavy (non-hydrogen) atoms. The molecule has 1 heterocycles. The van der Waals surface area contributed by atoms with E-state index in [0.717, 1.165) is 25.0 Å². The molecule has 1 aromatic carbocycles. The monoisotopic (exact) mass is 410 g/mol. The average Bonchev–Trinajstić information content (AvgIpc) is 2.40. The summed E-state index contributed by atoms with van der Waals surface area (Å²) < 4.78 is 27.3. The van der Waals surface area contributed by atoms with Crippen molar-refractivity contribution in [2.45, 2.75) is 4.90 Å². The molecule has 106 valence electrons. The summed E-state index contributed by atoms with van der Waals surface area (Å²) in [4.78, 5) is 2.62. The molecule has 2 rings (SSSR count). The van der Waals surface area contributed by atoms with E-state index in [9.17, 15) is 8.42 Å². The van der Waals surface area contributed by atoms with Crippen molar-refractivity contribution >= 4 is 41.9 Å². The lowest BCUT2D eigenvalue weighted by Gasteiger charge is -2.33. The first kappa shape index (κ1) is 15.4. The number of hydrogen-bond acceptors (Lipinski definition) is 3. The number of rotatable bonds is 4. The number of benzene rings is 1. The van der Waals surface area contributed by atoms with Gasteiger partial charge in [-0.15, -0.1) is 0 Å². The second-order valence-electron chi connectivity index (χ2n) is 4.37. The molecule has 0 radical (unpaired) electrons. The zero-order valence-electron chi connectivity index (χ0n) is 10.4. The smallest absolute Gasteiger partial charge is 0.244 e. The summed E-state index contributed by atoms with van der Waals surface area (Å²) in [6.45, 7) is 3.64. The molecular weight excluding hydrogens is 396 g/mol. The molecule has 0 N–H and O–H groups in total. The fraction of sp³-hybridized carbons (Fsp3) is 0.500. The minimum Gasteiger partial charge on any atom is -0.300 e. The molecule has 0 aliphatic carbocycles. The summed E-state index contributed by atoms with van der Waals surface area (Å²) in [6.07, 6.45) is 0. The Bertz CT molecular complexity index is 528. The van der Waals surface area contributed by atoms with Crippen LogP contribution in [0.15, 0.2) is 33.6 Å². The maximum atomic E-state index is 12.5. The van der Waals surface area contributed by atoms with E-state index >= 15 is 0 Å². The molecule has 1 aliphatic heterocycles. The highest BCUT2D eigenvalue weighted by molar-refractivity contribution is 9.10. The first-order chi connectivity index (χ1) is 9.05. The van der Waals surface area contributed by atoms with Crippen LogP contribution in [0.2, 0.25) is 0 Å². The van der Waals surface area contributed by atoms with E-state index in [0.29, 0.717) is 22.5 Å². The van der Waals surface area contributed by atoms with Crippen molar-refractivity contribution in [3.8, 4) is 0 Å². The third kappa shape index (κ3) is 3.58. The Kier molecular flexibility index (Phi) is 5.42. The van der Waals surface area contributed by atoms with Crippen LogP contribution < -0.4 is 0 Å². The summed E-state index contributed by atoms with van der Waals surface area (Å²) >= 11 is 6.72. The van der Waals surface area contributed by atoms with E-state index in [1.165, 1.54) is 0 Å². The molecular formula is C12H16Br2N2O2S. The molecule has 0 amide bonds. The van der Waals surface area contributed by atoms with Crippen molar-refractivity contribution < 1.29 is 8.42 Å². The molecule has 0 unspecified atom stereocenters. The topological polar surface area (TPSA) is 40.6 Å². The molecule has 1 aromatic rings. The van der Waals surface area contributed by atoms with Gasteiger partial charge in [0, 0.05) is 42.5 Å². The molecule has 0 aromatic heterocycles. The summed E-state index contributed by atoms with van der Waals surface area (Å²) in [5, 5.41) is 0.921. The summed E-state index contributed by atoms with van der Waals surface area (Å²) in [6, 6.07) is 6.97. The standard InChI is InChI=1S/C12H16Br2N2O2S/c13-5-6-15-7-9-16(10-8-15)19(17,18)12-4-2-1-3-11(12)14/h1-4H,5-10H2. The van der Waals surface area contributed by atoms with Crippen LogP contribution in [0.4, 0.5) is 0 Å². The van der Waals surface area contributed by atoms with Gasteiger partial charge in [0.05, 0.1) is 4.90 Å². The van der Waals surface area contributed by atoms with Crippen LogP contribution in [0.3, 0.4) is 0 Å². The zero-order valence-corrected chi connectivity index (χ0v) is 14.4. The van der Waals surface area contributed by atoms with Gasteiger partial charge in [-0.25, -0.2) is 8.42 Å². The molecule has 1 fully saturated rings. The van der Waals surface area contributed by atoms with Gasteiger partial charge in [0.15, 0.2) is 0 Å². The van der Waals surface area contributed by atoms with Crippen LogP contribution in [0.1, 0.15) is 0 Å². The largest absolute Gasteiger partial charge is 0.300 e. The minimum absolute atomic E-state index is 0.351. The maximum Gasteiger partial charge on any atom is 0.244 e. The van der Waals surface area contributed by atoms with Gasteiger partial charge in [-0.2, -0.15) is 4.31 Å². The quantitative estimate of drug-likeness (QED) is 0.712. The van der Waals surface area contributed by atoms with Crippen molar-refractivity contribution in [2.75, 3.05) is 38.1 Å². The predicted molar refractivity (Wildman–Crippen MR) is 83.1 cm³/mol. The van der Waals surface area contributed by atoms with Crippen LogP contribution in [-0.2, 0) is 10.0 Å². The molecule has 0 bridgehead atoms. The normalized spacial score (nSPS) is 18.6. The van der Waals surface area contributed by atoms with Crippen molar-refractivity contribution in [1.29, 1.82) is 0 Å². The molecule has 0 atom stereocenters. The van der Waals surface area contributed by atoms with Gasteiger partial charge in [0.1, 0.15) is 0 Å². The number of hydrogen-bond donors (Lipinski definition) is 0. The van der Waals surface area contributed by atoms with E-state index < -0.39 is 10.0 Å². The highest BCUT2D eigenvalue weighted by Gasteiger charge is 2.29. The van der Waals surface area contributed by atoms with Gasteiger partial charge in [-0.05, 0) is 28.1 Å². The number of piperazine rings is 1. The lowest BCUT2D eigenvalue weighted by Crippen LogP contribution is -2.49. The minimum atomic E-state index is -3.38. The number of alkyl halides is 1. The highest BCUT2D eigenvalue weighted by atomic mass is 79.9. The maximum absolute atomic E-state index is 12.5. The van der Waals surface area contributed by atoms with Gasteiger partial charge < -0.3 is 0 Å². The van der Waals surface area contributed by atoms with E-state index in [1.54, 1.807) is 22.5 Å². The summed E-state index contributed by atoms with van der Waals surface area (Å²) in [5.41, 5.74) is 0. The van der Waals surface area contributed by atoms with Gasteiger partial charge in [-0.1, -0.05) is 28.1 Å². The molecule has 4 nitrogen and oxygen atoms in total. The van der Waals surface area contributed by atoms with Gasteiger partial charge in [0.25, 0.3) is 0 Å². The van der Waals surface area contributed by atoms with Crippen LogP contribution in [0.5, 0.6) is 0 Å². The summed E-state index contributed by atoms with van der Waals surface area (Å²) in [7, 11) is -3.38. The molecule has 0 saturated carbocycles. The first-order valence-corrected chi connectivity index (χ1v) is 9.44. The van der Waals surface area contributed by atoms with E-state index in [4.69, 9.17) is 0 Å². The second-order valence-corrected chi connectivity index (χ2v) is 7.92. The van der Waals surface area contributed by atoms with Gasteiger partial charge in [0.2, 0.25) is 10.0 Å². The molecule has 0 spiro atoms. The van der Waals surface area contributed by atoms with Crippen molar-refractivity contribution in [1.82, 2.24) is 9.21 Å². The number of halogens is 2. The Balaban J connectivity index is 2.12. The summed E-state index contributed by atoms with van der Waals surface area (Å²) in [5.74, 6) is 0. The third-order valence-electron chi connectivity index (χ3n) is 3.19. The van der Waals surface area contributed by atoms with Gasteiger partial charge >= 0.3 is 0 Å². The van der Waals surface area contributed by atoms with Gasteiger partial charge in [-0.3, -0.25) is 4.90 Å². The van der Waals surface area contributed by atoms with Crippen LogP contribution in [-0.4, -0.2) is 55.7 Å². The SMILES string of the molecule is O=S(=O)(c1ccccc1Br)N1CCN(CCBr)CC1. The number of sulfonamides is 1. The molecule has 1 saturated heterocycles. The van der Waals surface area contributed by atoms with Crippen LogP contribution in [0.25, 0.3) is 0 Å². The average molecular weight is 412 g/mol. The van der Waals surface area contributed by atoms with Crippen molar-refractivity contribution in [2.24, 2.45) is 0 Å². The van der Waals surface area contributed by atoms with Crippen LogP contribution in [0, 0.1) is 0 Å². The Morgan fingerprint density at radius 3 is 2.32 bits per heavy atom. The lowest BCUT2D eigenvalue weighted by molar-refractivity contribution is 0.198. The first-order valence-electron chi connectivity index (χ1n) is 6.08. The Hall–Kier alpha value is 0.0500. The van der Waals surface area contributed by atoms with E-state index in [2.05, 4.69) is 36.8 Å². The fourth-order valence-electron chi connectivity index (χ4n) is 2.11. The zero-order chi connectivity index (χ0) is 13.9. The molecule has 1 aliphatic rings. The second kappa shape index (κ2) is 6.67. The van der Waals surface area contributed by atoms with Crippen LogP contribution >= 0.6 is 31.9 Å². The van der Waals surface area contributed by atoms with Crippen molar-refractivity contribution in [3.63, 3.8) is 0 Å². The lowest BCUT2D eigenvalue weighted by atomic mass is 10.4. The highest BCUT2D eigenvalue weighted by Crippen LogP contribution is 2.25. The Labute approximate surface area is 131 Å². The Morgan fingerprint density at radius 2 is 1.74 bits per heavy atom.